The number of hydrogen-bond acceptors (Lipinski definition) is 3. The van der Waals surface area contributed by atoms with Crippen LogP contribution in [0.3, 0.4) is 0 Å². The van der Waals surface area contributed by atoms with Gasteiger partial charge in [-0.15, -0.1) is 0 Å². The molecule has 2 N–H and O–H groups in total. The van der Waals surface area contributed by atoms with Crippen molar-refractivity contribution in [3.05, 3.63) is 65.2 Å². The Kier molecular flexibility index (Phi) is 5.54. The lowest BCUT2D eigenvalue weighted by Crippen LogP contribution is -2.42. The van der Waals surface area contributed by atoms with Crippen molar-refractivity contribution in [1.82, 2.24) is 4.90 Å². The minimum atomic E-state index is 0.291. The van der Waals surface area contributed by atoms with E-state index in [4.69, 9.17) is 10.5 Å². The van der Waals surface area contributed by atoms with E-state index < -0.39 is 0 Å². The molecule has 0 aromatic heterocycles. The van der Waals surface area contributed by atoms with Gasteiger partial charge in [0, 0.05) is 19.1 Å². The SMILES string of the molecule is CCc1ccccc1C(c1ccc(OC)cc1)N1CCC(N)CC1. The van der Waals surface area contributed by atoms with Crippen molar-refractivity contribution in [2.45, 2.75) is 38.3 Å². The molecular weight excluding hydrogens is 296 g/mol. The van der Waals surface area contributed by atoms with Crippen molar-refractivity contribution in [1.29, 1.82) is 0 Å². The number of methoxy groups -OCH3 is 1. The first-order valence-electron chi connectivity index (χ1n) is 8.94. The van der Waals surface area contributed by atoms with Crippen molar-refractivity contribution < 1.29 is 4.74 Å². The summed E-state index contributed by atoms with van der Waals surface area (Å²) in [5.41, 5.74) is 10.3. The van der Waals surface area contributed by atoms with Crippen LogP contribution >= 0.6 is 0 Å². The molecule has 3 heteroatoms. The molecule has 1 atom stereocenters. The van der Waals surface area contributed by atoms with Crippen LogP contribution in [0.15, 0.2) is 48.5 Å². The first kappa shape index (κ1) is 17.0. The van der Waals surface area contributed by atoms with E-state index in [2.05, 4.69) is 60.4 Å². The molecule has 0 aliphatic carbocycles. The Balaban J connectivity index is 1.99. The molecule has 2 aromatic rings. The lowest BCUT2D eigenvalue weighted by molar-refractivity contribution is 0.174. The van der Waals surface area contributed by atoms with Crippen molar-refractivity contribution in [3.63, 3.8) is 0 Å². The maximum Gasteiger partial charge on any atom is 0.118 e. The Morgan fingerprint density at radius 1 is 1.08 bits per heavy atom. The third kappa shape index (κ3) is 3.63. The lowest BCUT2D eigenvalue weighted by atomic mass is 9.90. The predicted molar refractivity (Wildman–Crippen MR) is 99.4 cm³/mol. The average molecular weight is 324 g/mol. The van der Waals surface area contributed by atoms with E-state index in [0.29, 0.717) is 12.1 Å². The fraction of sp³-hybridized carbons (Fsp3) is 0.429. The molecule has 0 saturated carbocycles. The van der Waals surface area contributed by atoms with Crippen LogP contribution in [0.25, 0.3) is 0 Å². The zero-order valence-corrected chi connectivity index (χ0v) is 14.7. The van der Waals surface area contributed by atoms with Crippen LogP contribution in [0.5, 0.6) is 5.75 Å². The minimum absolute atomic E-state index is 0.291. The van der Waals surface area contributed by atoms with Gasteiger partial charge in [-0.1, -0.05) is 43.3 Å². The lowest BCUT2D eigenvalue weighted by Gasteiger charge is -2.38. The molecule has 1 unspecified atom stereocenters. The fourth-order valence-corrected chi connectivity index (χ4v) is 3.67. The summed E-state index contributed by atoms with van der Waals surface area (Å²) >= 11 is 0. The summed E-state index contributed by atoms with van der Waals surface area (Å²) in [5.74, 6) is 0.905. The van der Waals surface area contributed by atoms with Crippen LogP contribution in [-0.2, 0) is 6.42 Å². The molecule has 1 aliphatic heterocycles. The van der Waals surface area contributed by atoms with Crippen LogP contribution in [0, 0.1) is 0 Å². The maximum atomic E-state index is 6.13. The standard InChI is InChI=1S/C21H28N2O/c1-3-16-6-4-5-7-20(16)21(23-14-12-18(22)13-15-23)17-8-10-19(24-2)11-9-17/h4-11,18,21H,3,12-15,22H2,1-2H3. The Labute approximate surface area is 145 Å². The van der Waals surface area contributed by atoms with E-state index in [1.54, 1.807) is 7.11 Å². The number of rotatable bonds is 5. The third-order valence-corrected chi connectivity index (χ3v) is 5.10. The molecule has 3 rings (SSSR count). The smallest absolute Gasteiger partial charge is 0.118 e. The molecule has 1 fully saturated rings. The van der Waals surface area contributed by atoms with Crippen molar-refractivity contribution in [2.75, 3.05) is 20.2 Å². The number of ether oxygens (including phenoxy) is 1. The van der Waals surface area contributed by atoms with E-state index in [0.717, 1.165) is 38.1 Å². The van der Waals surface area contributed by atoms with Crippen LogP contribution in [0.2, 0.25) is 0 Å². The number of piperidine rings is 1. The van der Waals surface area contributed by atoms with Gasteiger partial charge in [0.25, 0.3) is 0 Å². The fourth-order valence-electron chi connectivity index (χ4n) is 3.67. The van der Waals surface area contributed by atoms with Gasteiger partial charge in [-0.25, -0.2) is 0 Å². The summed E-state index contributed by atoms with van der Waals surface area (Å²) in [6.07, 6.45) is 3.19. The molecule has 3 nitrogen and oxygen atoms in total. The number of aryl methyl sites for hydroxylation is 1. The molecule has 0 spiro atoms. The van der Waals surface area contributed by atoms with Gasteiger partial charge >= 0.3 is 0 Å². The summed E-state index contributed by atoms with van der Waals surface area (Å²) in [4.78, 5) is 2.58. The Morgan fingerprint density at radius 3 is 2.38 bits per heavy atom. The second kappa shape index (κ2) is 7.82. The first-order valence-corrected chi connectivity index (χ1v) is 8.94. The second-order valence-electron chi connectivity index (χ2n) is 6.60. The van der Waals surface area contributed by atoms with Crippen molar-refractivity contribution in [3.8, 4) is 5.75 Å². The van der Waals surface area contributed by atoms with E-state index >= 15 is 0 Å². The Bertz CT molecular complexity index is 645. The zero-order chi connectivity index (χ0) is 16.9. The second-order valence-corrected chi connectivity index (χ2v) is 6.60. The molecule has 0 radical (unpaired) electrons. The molecule has 128 valence electrons. The number of hydrogen-bond donors (Lipinski definition) is 1. The van der Waals surface area contributed by atoms with Crippen LogP contribution in [0.4, 0.5) is 0 Å². The summed E-state index contributed by atoms with van der Waals surface area (Å²) < 4.78 is 5.33. The monoisotopic (exact) mass is 324 g/mol. The first-order chi connectivity index (χ1) is 11.7. The summed E-state index contributed by atoms with van der Waals surface area (Å²) in [6, 6.07) is 18.0. The molecule has 1 heterocycles. The van der Waals surface area contributed by atoms with E-state index in [1.807, 2.05) is 0 Å². The zero-order valence-electron chi connectivity index (χ0n) is 14.7. The molecule has 1 saturated heterocycles. The molecule has 2 aromatic carbocycles. The van der Waals surface area contributed by atoms with E-state index in [1.165, 1.54) is 16.7 Å². The molecule has 1 aliphatic rings. The average Bonchev–Trinajstić information content (AvgIpc) is 2.64. The summed E-state index contributed by atoms with van der Waals surface area (Å²) in [6.45, 7) is 4.34. The highest BCUT2D eigenvalue weighted by molar-refractivity contribution is 5.39. The minimum Gasteiger partial charge on any atom is -0.497 e. The number of nitrogens with two attached hydrogens (primary N) is 1. The number of benzene rings is 2. The highest BCUT2D eigenvalue weighted by Crippen LogP contribution is 2.34. The van der Waals surface area contributed by atoms with Crippen molar-refractivity contribution >= 4 is 0 Å². The molecule has 24 heavy (non-hydrogen) atoms. The number of nitrogens with zero attached hydrogens (tertiary/aromatic N) is 1. The predicted octanol–water partition coefficient (Wildman–Crippen LogP) is 3.77. The largest absolute Gasteiger partial charge is 0.497 e. The summed E-state index contributed by atoms with van der Waals surface area (Å²) in [5, 5.41) is 0. The third-order valence-electron chi connectivity index (χ3n) is 5.10. The summed E-state index contributed by atoms with van der Waals surface area (Å²) in [7, 11) is 1.71. The van der Waals surface area contributed by atoms with Gasteiger partial charge in [0.1, 0.15) is 5.75 Å². The molecular formula is C21H28N2O. The van der Waals surface area contributed by atoms with Gasteiger partial charge in [0.05, 0.1) is 13.2 Å². The Morgan fingerprint density at radius 2 is 1.75 bits per heavy atom. The van der Waals surface area contributed by atoms with Crippen LogP contribution in [0.1, 0.15) is 42.5 Å². The normalized spacial score (nSPS) is 17.6. The highest BCUT2D eigenvalue weighted by Gasteiger charge is 2.27. The van der Waals surface area contributed by atoms with E-state index in [9.17, 15) is 0 Å². The van der Waals surface area contributed by atoms with Gasteiger partial charge in [-0.3, -0.25) is 4.90 Å². The highest BCUT2D eigenvalue weighted by atomic mass is 16.5. The van der Waals surface area contributed by atoms with Gasteiger partial charge in [0.15, 0.2) is 0 Å². The van der Waals surface area contributed by atoms with Gasteiger partial charge in [-0.2, -0.15) is 0 Å². The van der Waals surface area contributed by atoms with E-state index in [-0.39, 0.29) is 0 Å². The number of likely N-dealkylation sites (tertiary alicyclic amines) is 1. The van der Waals surface area contributed by atoms with Gasteiger partial charge < -0.3 is 10.5 Å². The maximum absolute atomic E-state index is 6.13. The van der Waals surface area contributed by atoms with Crippen LogP contribution in [-0.4, -0.2) is 31.1 Å². The quantitative estimate of drug-likeness (QED) is 0.910. The molecule has 0 bridgehead atoms. The Hall–Kier alpha value is -1.84. The van der Waals surface area contributed by atoms with Gasteiger partial charge in [-0.05, 0) is 48.1 Å². The topological polar surface area (TPSA) is 38.5 Å². The van der Waals surface area contributed by atoms with Crippen molar-refractivity contribution in [2.24, 2.45) is 5.73 Å². The molecule has 0 amide bonds. The van der Waals surface area contributed by atoms with Gasteiger partial charge in [0.2, 0.25) is 0 Å². The van der Waals surface area contributed by atoms with Crippen LogP contribution < -0.4 is 10.5 Å².